The molecule has 1 saturated carbocycles. The summed E-state index contributed by atoms with van der Waals surface area (Å²) in [6.45, 7) is 0.757. The van der Waals surface area contributed by atoms with Crippen LogP contribution < -0.4 is 14.8 Å². The third kappa shape index (κ3) is 3.24. The van der Waals surface area contributed by atoms with E-state index in [0.717, 1.165) is 12.2 Å². The minimum atomic E-state index is 0.463. The molecule has 0 spiro atoms. The van der Waals surface area contributed by atoms with Crippen molar-refractivity contribution in [2.45, 2.75) is 25.4 Å². The van der Waals surface area contributed by atoms with E-state index >= 15 is 0 Å². The van der Waals surface area contributed by atoms with Crippen LogP contribution >= 0.6 is 0 Å². The van der Waals surface area contributed by atoms with Gasteiger partial charge in [-0.15, -0.1) is 0 Å². The molecular weight excluding hydrogens is 254 g/mol. The Bertz CT molecular complexity index is 568. The van der Waals surface area contributed by atoms with Crippen molar-refractivity contribution in [3.8, 4) is 17.4 Å². The molecule has 2 aromatic rings. The quantitative estimate of drug-likeness (QED) is 0.875. The molecular formula is C15H17N3O2. The zero-order chi connectivity index (χ0) is 13.8. The molecule has 0 unspecified atom stereocenters. The normalized spacial score (nSPS) is 14.1. The van der Waals surface area contributed by atoms with Gasteiger partial charge in [0.25, 0.3) is 0 Å². The van der Waals surface area contributed by atoms with Crippen molar-refractivity contribution in [2.24, 2.45) is 0 Å². The Morgan fingerprint density at radius 1 is 1.15 bits per heavy atom. The molecule has 3 rings (SSSR count). The number of benzene rings is 1. The molecule has 5 heteroatoms. The van der Waals surface area contributed by atoms with Crippen LogP contribution in [0.4, 0.5) is 0 Å². The monoisotopic (exact) mass is 271 g/mol. The van der Waals surface area contributed by atoms with Gasteiger partial charge in [0, 0.05) is 12.6 Å². The molecule has 1 aliphatic carbocycles. The van der Waals surface area contributed by atoms with Crippen LogP contribution in [0.15, 0.2) is 36.7 Å². The molecule has 1 fully saturated rings. The summed E-state index contributed by atoms with van der Waals surface area (Å²) >= 11 is 0. The van der Waals surface area contributed by atoms with E-state index in [9.17, 15) is 0 Å². The van der Waals surface area contributed by atoms with Gasteiger partial charge in [-0.05, 0) is 25.0 Å². The van der Waals surface area contributed by atoms with Crippen molar-refractivity contribution in [3.63, 3.8) is 0 Å². The van der Waals surface area contributed by atoms with Gasteiger partial charge in [0.2, 0.25) is 5.88 Å². The van der Waals surface area contributed by atoms with Crippen molar-refractivity contribution >= 4 is 0 Å². The Balaban J connectivity index is 1.64. The smallest absolute Gasteiger partial charge is 0.238 e. The van der Waals surface area contributed by atoms with E-state index in [1.165, 1.54) is 12.8 Å². The fourth-order valence-corrected chi connectivity index (χ4v) is 1.84. The number of aromatic nitrogens is 2. The Labute approximate surface area is 118 Å². The molecule has 1 aromatic carbocycles. The zero-order valence-electron chi connectivity index (χ0n) is 11.4. The molecule has 104 valence electrons. The first kappa shape index (κ1) is 12.9. The van der Waals surface area contributed by atoms with Gasteiger partial charge in [0.1, 0.15) is 0 Å². The van der Waals surface area contributed by atoms with E-state index in [-0.39, 0.29) is 0 Å². The molecule has 0 saturated heterocycles. The van der Waals surface area contributed by atoms with Crippen LogP contribution in [-0.4, -0.2) is 23.1 Å². The van der Waals surface area contributed by atoms with E-state index < -0.39 is 0 Å². The fourth-order valence-electron chi connectivity index (χ4n) is 1.84. The van der Waals surface area contributed by atoms with Crippen LogP contribution in [0.2, 0.25) is 0 Å². The van der Waals surface area contributed by atoms with Crippen LogP contribution in [-0.2, 0) is 6.54 Å². The minimum Gasteiger partial charge on any atom is -0.493 e. The van der Waals surface area contributed by atoms with Crippen LogP contribution in [0.1, 0.15) is 18.5 Å². The second-order valence-corrected chi connectivity index (χ2v) is 4.75. The van der Waals surface area contributed by atoms with Crippen molar-refractivity contribution < 1.29 is 9.47 Å². The number of nitrogens with zero attached hydrogens (tertiary/aromatic N) is 2. The number of rotatable bonds is 6. The summed E-state index contributed by atoms with van der Waals surface area (Å²) in [4.78, 5) is 8.61. The Morgan fingerprint density at radius 2 is 1.95 bits per heavy atom. The van der Waals surface area contributed by atoms with Gasteiger partial charge in [0.05, 0.1) is 25.2 Å². The number of ether oxygens (including phenoxy) is 2. The molecule has 0 amide bonds. The summed E-state index contributed by atoms with van der Waals surface area (Å²) in [5.74, 6) is 1.77. The van der Waals surface area contributed by atoms with Crippen molar-refractivity contribution in [2.75, 3.05) is 7.11 Å². The second-order valence-electron chi connectivity index (χ2n) is 4.75. The third-order valence-corrected chi connectivity index (χ3v) is 3.11. The fraction of sp³-hybridized carbons (Fsp3) is 0.333. The topological polar surface area (TPSA) is 56.3 Å². The molecule has 0 atom stereocenters. The zero-order valence-corrected chi connectivity index (χ0v) is 11.4. The summed E-state index contributed by atoms with van der Waals surface area (Å²) in [6, 6.07) is 8.13. The molecule has 1 N–H and O–H groups in total. The van der Waals surface area contributed by atoms with Crippen molar-refractivity contribution in [1.82, 2.24) is 15.3 Å². The van der Waals surface area contributed by atoms with Gasteiger partial charge in [-0.25, -0.2) is 4.98 Å². The number of methoxy groups -OCH3 is 1. The third-order valence-electron chi connectivity index (χ3n) is 3.11. The lowest BCUT2D eigenvalue weighted by Gasteiger charge is -2.09. The number of hydrogen-bond acceptors (Lipinski definition) is 5. The lowest BCUT2D eigenvalue weighted by molar-refractivity contribution is 0.373. The second kappa shape index (κ2) is 5.88. The predicted octanol–water partition coefficient (Wildman–Crippen LogP) is 2.53. The summed E-state index contributed by atoms with van der Waals surface area (Å²) in [7, 11) is 1.61. The SMILES string of the molecule is COc1ccccc1Oc1cnc(CNC2CC2)cn1. The Hall–Kier alpha value is -2.14. The largest absolute Gasteiger partial charge is 0.493 e. The predicted molar refractivity (Wildman–Crippen MR) is 75.0 cm³/mol. The number of nitrogens with one attached hydrogen (secondary N) is 1. The van der Waals surface area contributed by atoms with Gasteiger partial charge >= 0.3 is 0 Å². The maximum atomic E-state index is 5.67. The van der Waals surface area contributed by atoms with Gasteiger partial charge in [-0.2, -0.15) is 0 Å². The molecule has 1 heterocycles. The summed E-state index contributed by atoms with van der Waals surface area (Å²) < 4.78 is 10.9. The minimum absolute atomic E-state index is 0.463. The van der Waals surface area contributed by atoms with E-state index in [1.807, 2.05) is 24.3 Å². The van der Waals surface area contributed by atoms with Crippen molar-refractivity contribution in [3.05, 3.63) is 42.4 Å². The van der Waals surface area contributed by atoms with E-state index in [0.29, 0.717) is 23.4 Å². The van der Waals surface area contributed by atoms with E-state index in [2.05, 4.69) is 15.3 Å². The van der Waals surface area contributed by atoms with Crippen LogP contribution in [0, 0.1) is 0 Å². The standard InChI is InChI=1S/C15H17N3O2/c1-19-13-4-2-3-5-14(13)20-15-10-17-12(9-18-15)8-16-11-6-7-11/h2-5,9-11,16H,6-8H2,1H3. The lowest BCUT2D eigenvalue weighted by atomic mass is 10.3. The molecule has 1 aromatic heterocycles. The highest BCUT2D eigenvalue weighted by Gasteiger charge is 2.20. The lowest BCUT2D eigenvalue weighted by Crippen LogP contribution is -2.16. The average molecular weight is 271 g/mol. The summed E-state index contributed by atoms with van der Waals surface area (Å²) in [5, 5.41) is 3.40. The molecule has 0 radical (unpaired) electrons. The summed E-state index contributed by atoms with van der Waals surface area (Å²) in [5.41, 5.74) is 0.921. The maximum absolute atomic E-state index is 5.67. The van der Waals surface area contributed by atoms with Crippen molar-refractivity contribution in [1.29, 1.82) is 0 Å². The Morgan fingerprint density at radius 3 is 2.60 bits per heavy atom. The molecule has 5 nitrogen and oxygen atoms in total. The van der Waals surface area contributed by atoms with Gasteiger partial charge < -0.3 is 14.8 Å². The maximum Gasteiger partial charge on any atom is 0.238 e. The number of para-hydroxylation sites is 2. The van der Waals surface area contributed by atoms with E-state index in [1.54, 1.807) is 19.5 Å². The first-order chi connectivity index (χ1) is 9.85. The van der Waals surface area contributed by atoms with Crippen LogP contribution in [0.5, 0.6) is 17.4 Å². The Kier molecular flexibility index (Phi) is 3.78. The van der Waals surface area contributed by atoms with Gasteiger partial charge in [-0.3, -0.25) is 4.98 Å². The molecule has 20 heavy (non-hydrogen) atoms. The molecule has 1 aliphatic rings. The summed E-state index contributed by atoms with van der Waals surface area (Å²) in [6.07, 6.45) is 5.90. The van der Waals surface area contributed by atoms with Crippen LogP contribution in [0.25, 0.3) is 0 Å². The highest BCUT2D eigenvalue weighted by Crippen LogP contribution is 2.29. The van der Waals surface area contributed by atoms with Gasteiger partial charge in [0.15, 0.2) is 11.5 Å². The highest BCUT2D eigenvalue weighted by atomic mass is 16.5. The highest BCUT2D eigenvalue weighted by molar-refractivity contribution is 5.41. The molecule has 0 bridgehead atoms. The van der Waals surface area contributed by atoms with Gasteiger partial charge in [-0.1, -0.05) is 12.1 Å². The number of hydrogen-bond donors (Lipinski definition) is 1. The van der Waals surface area contributed by atoms with E-state index in [4.69, 9.17) is 9.47 Å². The first-order valence-corrected chi connectivity index (χ1v) is 6.70. The average Bonchev–Trinajstić information content (AvgIpc) is 3.31. The first-order valence-electron chi connectivity index (χ1n) is 6.70. The molecule has 0 aliphatic heterocycles. The van der Waals surface area contributed by atoms with Crippen LogP contribution in [0.3, 0.4) is 0 Å².